The van der Waals surface area contributed by atoms with Gasteiger partial charge in [0.25, 0.3) is 5.09 Å². The Bertz CT molecular complexity index is 41.0. The van der Waals surface area contributed by atoms with E-state index in [9.17, 15) is 0 Å². The molecular formula is HAg2NO4. The van der Waals surface area contributed by atoms with E-state index in [4.69, 9.17) is 18.6 Å². The molecule has 1 N–H and O–H groups in total. The van der Waals surface area contributed by atoms with Crippen molar-refractivity contribution in [2.45, 2.75) is 0 Å². The molecule has 0 aliphatic carbocycles. The normalized spacial score (nSPS) is 4.29. The first-order valence-corrected chi connectivity index (χ1v) is 1.29. The van der Waals surface area contributed by atoms with E-state index in [2.05, 4.69) is 0 Å². The summed E-state index contributed by atoms with van der Waals surface area (Å²) in [4.78, 5) is 8.36. The molecule has 5 nitrogen and oxygen atoms in total. The summed E-state index contributed by atoms with van der Waals surface area (Å²) in [6.07, 6.45) is 0. The molecule has 0 aromatic carbocycles. The van der Waals surface area contributed by atoms with Crippen molar-refractivity contribution >= 4 is 0 Å². The predicted octanol–water partition coefficient (Wildman–Crippen LogP) is -0.471. The molecule has 0 aliphatic rings. The van der Waals surface area contributed by atoms with Crippen molar-refractivity contribution in [1.29, 1.82) is 0 Å². The number of rotatable bonds is 0. The van der Waals surface area contributed by atoms with Crippen LogP contribution in [-0.2, 0) is 46.7 Å². The number of hydrogen-bond donors (Lipinski definition) is 1. The topological polar surface area (TPSA) is 80.4 Å². The Kier molecular flexibility index (Phi) is 35.9. The van der Waals surface area contributed by atoms with Crippen molar-refractivity contribution in [3.8, 4) is 0 Å². The molecule has 0 rings (SSSR count). The van der Waals surface area contributed by atoms with Crippen LogP contribution in [0.25, 0.3) is 0 Å². The van der Waals surface area contributed by atoms with Gasteiger partial charge in [0.15, 0.2) is 0 Å². The quantitative estimate of drug-likeness (QED) is 0.372. The van der Waals surface area contributed by atoms with Crippen molar-refractivity contribution in [1.82, 2.24) is 0 Å². The Morgan fingerprint density at radius 2 is 1.57 bits per heavy atom. The summed E-state index contributed by atoms with van der Waals surface area (Å²) in [5, 5.41) is 13.6. The van der Waals surface area contributed by atoms with Gasteiger partial charge in [0, 0.05) is 22.4 Å². The maximum atomic E-state index is 8.36. The van der Waals surface area contributed by atoms with Crippen LogP contribution in [0.1, 0.15) is 0 Å². The predicted molar refractivity (Wildman–Crippen MR) is 9.47 cm³/mol. The van der Waals surface area contributed by atoms with Gasteiger partial charge in [-0.05, 0) is 0 Å². The van der Waals surface area contributed by atoms with Gasteiger partial charge in [0.2, 0.25) is 0 Å². The molecule has 1 radical (unpaired) electrons. The molecule has 7 heavy (non-hydrogen) atoms. The van der Waals surface area contributed by atoms with Crippen LogP contribution < -0.4 is 0 Å². The molecule has 0 aliphatic heterocycles. The van der Waals surface area contributed by atoms with E-state index in [1.165, 1.54) is 0 Å². The Morgan fingerprint density at radius 1 is 1.57 bits per heavy atom. The molecule has 0 heterocycles. The van der Waals surface area contributed by atoms with Crippen LogP contribution in [0.2, 0.25) is 0 Å². The first-order valence-electron chi connectivity index (χ1n) is 0.688. The molecule has 0 saturated carbocycles. The van der Waals surface area contributed by atoms with Gasteiger partial charge >= 0.3 is 24.3 Å². The van der Waals surface area contributed by atoms with Gasteiger partial charge in [0.05, 0.1) is 0 Å². The van der Waals surface area contributed by atoms with Crippen molar-refractivity contribution in [3.05, 3.63) is 10.1 Å². The van der Waals surface area contributed by atoms with E-state index in [1.54, 1.807) is 21.0 Å². The fourth-order valence-corrected chi connectivity index (χ4v) is 0. The molecule has 0 spiro atoms. The molecule has 0 bridgehead atoms. The monoisotopic (exact) mass is 293 g/mol. The Morgan fingerprint density at radius 3 is 1.57 bits per heavy atom. The van der Waals surface area contributed by atoms with Crippen LogP contribution in [-0.4, -0.2) is 10.3 Å². The molecule has 52 valence electrons. The van der Waals surface area contributed by atoms with Gasteiger partial charge in [-0.3, -0.25) is 0 Å². The molecule has 7 heteroatoms. The van der Waals surface area contributed by atoms with Crippen LogP contribution in [0.3, 0.4) is 0 Å². The van der Waals surface area contributed by atoms with Gasteiger partial charge < -0.3 is 5.21 Å². The number of hydrogen-bond acceptors (Lipinski definition) is 3. The van der Waals surface area contributed by atoms with Crippen LogP contribution in [0.5, 0.6) is 0 Å². The third kappa shape index (κ3) is 563. The summed E-state index contributed by atoms with van der Waals surface area (Å²) < 4.78 is 8.06. The molecule has 0 unspecified atom stereocenters. The zero-order valence-electron chi connectivity index (χ0n) is 2.72. The van der Waals surface area contributed by atoms with E-state index in [0.29, 0.717) is 0 Å². The maximum absolute atomic E-state index is 8.36. The molecule has 0 atom stereocenters. The van der Waals surface area contributed by atoms with Gasteiger partial charge in [-0.1, -0.05) is 0 Å². The van der Waals surface area contributed by atoms with E-state index in [0.717, 1.165) is 0 Å². The third-order valence-corrected chi connectivity index (χ3v) is 0. The van der Waals surface area contributed by atoms with E-state index in [-0.39, 0.29) is 22.4 Å². The Labute approximate surface area is 67.0 Å². The third-order valence-electron chi connectivity index (χ3n) is 0. The SMILES string of the molecule is O=[N+]([O-])O.[Ag].[O]=[Ag]. The number of nitrogens with zero attached hydrogens (tertiary/aromatic N) is 1. The Balaban J connectivity index is -0.0000000480. The second kappa shape index (κ2) is 16.1. The van der Waals surface area contributed by atoms with E-state index < -0.39 is 5.09 Å². The molecule has 0 aromatic rings. The first kappa shape index (κ1) is 15.6. The summed E-state index contributed by atoms with van der Waals surface area (Å²) in [6, 6.07) is 0. The molecule has 0 fully saturated rings. The summed E-state index contributed by atoms with van der Waals surface area (Å²) in [7, 11) is 0. The van der Waals surface area contributed by atoms with Crippen LogP contribution in [0.15, 0.2) is 0 Å². The molecule has 0 saturated heterocycles. The summed E-state index contributed by atoms with van der Waals surface area (Å²) >= 11 is 1.70. The van der Waals surface area contributed by atoms with Crippen molar-refractivity contribution in [2.24, 2.45) is 0 Å². The molecular weight excluding hydrogens is 294 g/mol. The zero-order chi connectivity index (χ0) is 5.58. The van der Waals surface area contributed by atoms with Crippen molar-refractivity contribution in [3.63, 3.8) is 0 Å². The average molecular weight is 295 g/mol. The fraction of sp³-hybridized carbons (Fsp3) is 0. The molecule has 0 aromatic heterocycles. The average Bonchev–Trinajstić information content (AvgIpc) is 1.41. The fourth-order valence-electron chi connectivity index (χ4n) is 0. The minimum atomic E-state index is -1.50. The van der Waals surface area contributed by atoms with Gasteiger partial charge in [-0.25, -0.2) is 0 Å². The standard InChI is InChI=1S/2Ag.HNO3.O/c;;2-1(3)4;/h;;(H,2,3,4);. The van der Waals surface area contributed by atoms with Crippen molar-refractivity contribution < 1.29 is 57.0 Å². The Hall–Kier alpha value is 0.481. The van der Waals surface area contributed by atoms with Crippen LogP contribution >= 0.6 is 0 Å². The molecule has 0 amide bonds. The van der Waals surface area contributed by atoms with Gasteiger partial charge in [-0.15, -0.1) is 10.1 Å². The summed E-state index contributed by atoms with van der Waals surface area (Å²) in [5.74, 6) is 0. The van der Waals surface area contributed by atoms with Crippen molar-refractivity contribution in [2.75, 3.05) is 0 Å². The zero-order valence-corrected chi connectivity index (χ0v) is 5.69. The van der Waals surface area contributed by atoms with Gasteiger partial charge in [0.1, 0.15) is 0 Å². The second-order valence-corrected chi connectivity index (χ2v) is 0.238. The van der Waals surface area contributed by atoms with Gasteiger partial charge in [-0.2, -0.15) is 0 Å². The summed E-state index contributed by atoms with van der Waals surface area (Å²) in [6.45, 7) is 0. The van der Waals surface area contributed by atoms with E-state index >= 15 is 0 Å². The minimum absolute atomic E-state index is 0. The van der Waals surface area contributed by atoms with Crippen LogP contribution in [0.4, 0.5) is 0 Å². The second-order valence-electron chi connectivity index (χ2n) is 0.238. The summed E-state index contributed by atoms with van der Waals surface area (Å²) in [5.41, 5.74) is 0. The van der Waals surface area contributed by atoms with Crippen LogP contribution in [0, 0.1) is 10.1 Å². The van der Waals surface area contributed by atoms with E-state index in [1.807, 2.05) is 0 Å². The first-order chi connectivity index (χ1) is 2.73.